The number of nitrogens with zero attached hydrogens (tertiary/aromatic N) is 9. The molecule has 15 rings (SSSR count). The van der Waals surface area contributed by atoms with Crippen molar-refractivity contribution >= 4 is 10.1 Å². The molecular formula is C68H55F9N10O4S. The standard InChI is InChI=1S/C23H18F5N3O3S.C23H18F2N4.C22H19F2N3O/c1-21(2)14-6-8-22(21,18-10-12(7-9-29-18)34-35(32,33)23(26,27)28)20-13(14)11-17(30-31-20)19-15(24)4-3-5-16(19)25;1-22(2)15-6-8-23(22,19-10-13(12-26)7-9-27-19)21-14(15)11-18(28-29-21)20-16(24)4-3-5-17(20)25;1-21(2)14-6-8-22(21,18-10-12(28)7-9-25-18)20-13(14)11-17(26-27-20)19-15(23)4-3-5-16(19)24/h3-5,7,9-11,14H,6,8H2,1-2H3;3-5,7,9-11,15H,6,8H2,1-2H3;3-5,7,9-11,14H,6,8H2,1-2H3,(H,25,28)/t14-,22-;15-,23-;14-,22-/m000/s1. The third-order valence-electron chi connectivity index (χ3n) is 21.0. The lowest BCUT2D eigenvalue weighted by Crippen LogP contribution is -2.38. The fraction of sp³-hybridized carbons (Fsp3) is 0.324. The number of fused-ring (bicyclic) bond motifs is 15. The molecule has 6 heterocycles. The zero-order valence-electron chi connectivity index (χ0n) is 50.1. The van der Waals surface area contributed by atoms with E-state index in [1.807, 2.05) is 19.9 Å². The van der Waals surface area contributed by atoms with Gasteiger partial charge in [0.2, 0.25) is 0 Å². The van der Waals surface area contributed by atoms with Gasteiger partial charge >= 0.3 is 15.6 Å². The predicted molar refractivity (Wildman–Crippen MR) is 318 cm³/mol. The number of nitriles is 1. The summed E-state index contributed by atoms with van der Waals surface area (Å²) in [6.45, 7) is 12.6. The van der Waals surface area contributed by atoms with Crippen LogP contribution >= 0.6 is 0 Å². The van der Waals surface area contributed by atoms with E-state index in [-0.39, 0.29) is 73.5 Å². The summed E-state index contributed by atoms with van der Waals surface area (Å²) in [5, 5.41) is 35.1. The van der Waals surface area contributed by atoms with Gasteiger partial charge in [0, 0.05) is 48.5 Å². The SMILES string of the molecule is CC1(C)[C@H]2CC[C@]1(c1cc(=O)cc[nH]1)c1nnc(-c3c(F)cccc3F)cc12.CC1(C)[C@H]2CC[C@]1(c1cc(C#N)ccn1)c1nnc(-c3c(F)cccc3F)cc12.CC1(C)[C@H]2CC[C@]1(c1cc(OS(=O)(=O)C(F)(F)F)ccn1)c1nnc(-c3c(F)cccc3F)cc12. The Morgan fingerprint density at radius 3 is 1.30 bits per heavy atom. The maximum Gasteiger partial charge on any atom is 0.534 e. The molecule has 470 valence electrons. The summed E-state index contributed by atoms with van der Waals surface area (Å²) < 4.78 is 152. The molecule has 0 aliphatic heterocycles. The molecule has 6 atom stereocenters. The Kier molecular flexibility index (Phi) is 14.3. The summed E-state index contributed by atoms with van der Waals surface area (Å²) in [5.74, 6) is -4.47. The van der Waals surface area contributed by atoms with Crippen molar-refractivity contribution < 1.29 is 52.1 Å². The van der Waals surface area contributed by atoms with Crippen LogP contribution in [0, 0.1) is 62.5 Å². The number of hydrogen-bond donors (Lipinski definition) is 1. The van der Waals surface area contributed by atoms with Crippen LogP contribution in [0.25, 0.3) is 33.8 Å². The van der Waals surface area contributed by atoms with Crippen LogP contribution in [0.2, 0.25) is 0 Å². The van der Waals surface area contributed by atoms with Crippen molar-refractivity contribution in [1.82, 2.24) is 45.5 Å². The van der Waals surface area contributed by atoms with E-state index < -0.39 is 77.9 Å². The zero-order valence-corrected chi connectivity index (χ0v) is 50.9. The molecule has 0 amide bonds. The number of rotatable bonds is 8. The van der Waals surface area contributed by atoms with Gasteiger partial charge in [-0.25, -0.2) is 26.3 Å². The van der Waals surface area contributed by atoms with Crippen LogP contribution in [0.3, 0.4) is 0 Å². The van der Waals surface area contributed by atoms with E-state index in [0.29, 0.717) is 29.7 Å². The van der Waals surface area contributed by atoms with E-state index in [0.717, 1.165) is 83.9 Å². The maximum atomic E-state index is 14.4. The van der Waals surface area contributed by atoms with Crippen LogP contribution < -0.4 is 9.61 Å². The van der Waals surface area contributed by atoms with E-state index in [2.05, 4.69) is 83.5 Å². The molecule has 6 aromatic heterocycles. The molecular weight excluding hydrogens is 1220 g/mol. The fourth-order valence-corrected chi connectivity index (χ4v) is 17.0. The van der Waals surface area contributed by atoms with Gasteiger partial charge < -0.3 is 9.17 Å². The second-order valence-electron chi connectivity index (χ2n) is 25.9. The number of H-pyrrole nitrogens is 1. The number of pyridine rings is 3. The van der Waals surface area contributed by atoms with E-state index >= 15 is 0 Å². The monoisotopic (exact) mass is 1280 g/mol. The molecule has 0 saturated heterocycles. The highest BCUT2D eigenvalue weighted by Gasteiger charge is 2.67. The van der Waals surface area contributed by atoms with E-state index in [1.165, 1.54) is 54.7 Å². The Bertz CT molecular complexity index is 4710. The summed E-state index contributed by atoms with van der Waals surface area (Å²) >= 11 is 0. The first kappa shape index (κ1) is 61.6. The molecule has 6 aliphatic carbocycles. The normalized spacial score (nSPS) is 23.5. The molecule has 0 radical (unpaired) electrons. The molecule has 3 saturated carbocycles. The highest BCUT2D eigenvalue weighted by Crippen LogP contribution is 2.72. The van der Waals surface area contributed by atoms with Gasteiger partial charge in [-0.2, -0.15) is 42.1 Å². The zero-order chi connectivity index (χ0) is 65.5. The third-order valence-corrected chi connectivity index (χ3v) is 22.0. The van der Waals surface area contributed by atoms with Crippen LogP contribution in [-0.2, 0) is 26.4 Å². The second kappa shape index (κ2) is 21.4. The van der Waals surface area contributed by atoms with Crippen molar-refractivity contribution in [2.45, 2.75) is 120 Å². The fourth-order valence-electron chi connectivity index (χ4n) is 16.6. The molecule has 92 heavy (non-hydrogen) atoms. The van der Waals surface area contributed by atoms with Crippen LogP contribution in [-0.4, -0.2) is 59.5 Å². The highest BCUT2D eigenvalue weighted by molar-refractivity contribution is 7.88. The minimum Gasteiger partial charge on any atom is -0.376 e. The van der Waals surface area contributed by atoms with E-state index in [1.54, 1.807) is 42.7 Å². The van der Waals surface area contributed by atoms with E-state index in [9.17, 15) is 58.0 Å². The van der Waals surface area contributed by atoms with Crippen molar-refractivity contribution in [1.29, 1.82) is 5.26 Å². The molecule has 1 N–H and O–H groups in total. The van der Waals surface area contributed by atoms with Crippen LogP contribution in [0.1, 0.15) is 154 Å². The highest BCUT2D eigenvalue weighted by atomic mass is 32.2. The van der Waals surface area contributed by atoms with Gasteiger partial charge in [0.05, 0.1) is 90.1 Å². The Labute approximate surface area is 521 Å². The van der Waals surface area contributed by atoms with Crippen molar-refractivity contribution in [3.63, 3.8) is 0 Å². The minimum absolute atomic E-state index is 0.0270. The number of aromatic nitrogens is 9. The van der Waals surface area contributed by atoms with Crippen molar-refractivity contribution in [3.05, 3.63) is 229 Å². The first-order chi connectivity index (χ1) is 43.5. The lowest BCUT2D eigenvalue weighted by molar-refractivity contribution is -0.0500. The number of hydrogen-bond acceptors (Lipinski definition) is 13. The Morgan fingerprint density at radius 2 is 0.902 bits per heavy atom. The number of aromatic amines is 1. The van der Waals surface area contributed by atoms with Crippen LogP contribution in [0.4, 0.5) is 39.5 Å². The summed E-state index contributed by atoms with van der Waals surface area (Å²) in [4.78, 5) is 24.2. The lowest BCUT2D eigenvalue weighted by atomic mass is 9.66. The topological polar surface area (TPSA) is 203 Å². The Hall–Kier alpha value is -9.24. The lowest BCUT2D eigenvalue weighted by Gasteiger charge is -2.37. The van der Waals surface area contributed by atoms with Gasteiger partial charge in [0.1, 0.15) is 40.7 Å². The van der Waals surface area contributed by atoms with Gasteiger partial charge in [-0.05, 0) is 156 Å². The molecule has 6 aliphatic rings. The average molecular weight is 1280 g/mol. The Morgan fingerprint density at radius 1 is 0.522 bits per heavy atom. The quantitative estimate of drug-likeness (QED) is 0.0856. The summed E-state index contributed by atoms with van der Waals surface area (Å²) in [6, 6.07) is 27.2. The molecule has 9 aromatic rings. The van der Waals surface area contributed by atoms with Crippen LogP contribution in [0.15, 0.2) is 133 Å². The molecule has 6 bridgehead atoms. The average Bonchev–Trinajstić information content (AvgIpc) is 1.53. The summed E-state index contributed by atoms with van der Waals surface area (Å²) in [6.07, 6.45) is 9.18. The molecule has 14 nitrogen and oxygen atoms in total. The van der Waals surface area contributed by atoms with Crippen molar-refractivity contribution in [2.24, 2.45) is 16.2 Å². The minimum atomic E-state index is -5.87. The number of nitrogens with one attached hydrogen (secondary N) is 1. The first-order valence-electron chi connectivity index (χ1n) is 29.6. The smallest absolute Gasteiger partial charge is 0.376 e. The second-order valence-corrected chi connectivity index (χ2v) is 27.4. The van der Waals surface area contributed by atoms with Crippen LogP contribution in [0.5, 0.6) is 5.75 Å². The molecule has 0 unspecified atom stereocenters. The van der Waals surface area contributed by atoms with Gasteiger partial charge in [0.25, 0.3) is 0 Å². The van der Waals surface area contributed by atoms with Gasteiger partial charge in [0.15, 0.2) is 5.43 Å². The van der Waals surface area contributed by atoms with Gasteiger partial charge in [-0.1, -0.05) is 59.7 Å². The Balaban J connectivity index is 0.000000127. The summed E-state index contributed by atoms with van der Waals surface area (Å²) in [7, 11) is -5.87. The van der Waals surface area contributed by atoms with Crippen molar-refractivity contribution in [3.8, 4) is 45.6 Å². The van der Waals surface area contributed by atoms with Crippen molar-refractivity contribution in [2.75, 3.05) is 0 Å². The molecule has 0 spiro atoms. The predicted octanol–water partition coefficient (Wildman–Crippen LogP) is 14.5. The van der Waals surface area contributed by atoms with E-state index in [4.69, 9.17) is 0 Å². The van der Waals surface area contributed by atoms with Gasteiger partial charge in [-0.15, -0.1) is 15.3 Å². The first-order valence-corrected chi connectivity index (χ1v) is 31.0. The number of halogens is 9. The maximum absolute atomic E-state index is 14.4. The summed E-state index contributed by atoms with van der Waals surface area (Å²) in [5.41, 5.74) is -1.46. The number of benzene rings is 3. The molecule has 3 aromatic carbocycles. The molecule has 24 heteroatoms. The number of alkyl halides is 3. The largest absolute Gasteiger partial charge is 0.534 e. The van der Waals surface area contributed by atoms with Gasteiger partial charge in [-0.3, -0.25) is 14.8 Å². The molecule has 3 fully saturated rings. The third kappa shape index (κ3) is 8.86.